The van der Waals surface area contributed by atoms with E-state index in [-0.39, 0.29) is 34.9 Å². The number of alkyl halides is 3. The topological polar surface area (TPSA) is 58.9 Å². The molecule has 0 radical (unpaired) electrons. The molecule has 37 heavy (non-hydrogen) atoms. The van der Waals surface area contributed by atoms with E-state index in [1.807, 2.05) is 26.0 Å². The lowest BCUT2D eigenvalue weighted by Crippen LogP contribution is -2.16. The van der Waals surface area contributed by atoms with Crippen molar-refractivity contribution in [2.24, 2.45) is 0 Å². The van der Waals surface area contributed by atoms with E-state index in [1.54, 1.807) is 41.8 Å². The first-order valence-electron chi connectivity index (χ1n) is 11.4. The molecular weight excluding hydrogens is 511 g/mol. The summed E-state index contributed by atoms with van der Waals surface area (Å²) in [6, 6.07) is 17.3. The van der Waals surface area contributed by atoms with Gasteiger partial charge < -0.3 is 23.5 Å². The van der Waals surface area contributed by atoms with Crippen molar-refractivity contribution in [1.29, 1.82) is 0 Å². The van der Waals surface area contributed by atoms with E-state index in [0.717, 1.165) is 12.1 Å². The smallest absolute Gasteiger partial charge is 0.491 e. The molecule has 0 N–H and O–H groups in total. The van der Waals surface area contributed by atoms with Crippen LogP contribution in [0.2, 0.25) is 5.02 Å². The van der Waals surface area contributed by atoms with Crippen molar-refractivity contribution < 1.29 is 36.9 Å². The van der Waals surface area contributed by atoms with E-state index in [4.69, 9.17) is 25.8 Å². The maximum absolute atomic E-state index is 12.9. The molecule has 0 unspecified atom stereocenters. The van der Waals surface area contributed by atoms with E-state index < -0.39 is 12.3 Å². The van der Waals surface area contributed by atoms with Crippen molar-refractivity contribution in [3.8, 4) is 28.7 Å². The lowest BCUT2D eigenvalue weighted by molar-refractivity contribution is -0.274. The van der Waals surface area contributed by atoms with Crippen LogP contribution in [-0.2, 0) is 4.74 Å². The van der Waals surface area contributed by atoms with Gasteiger partial charge in [-0.05, 0) is 87.5 Å². The van der Waals surface area contributed by atoms with Crippen molar-refractivity contribution in [2.75, 3.05) is 6.61 Å². The fourth-order valence-corrected chi connectivity index (χ4v) is 4.05. The fourth-order valence-electron chi connectivity index (χ4n) is 3.74. The molecule has 10 heteroatoms. The summed E-state index contributed by atoms with van der Waals surface area (Å²) in [4.78, 5) is 12.9. The molecule has 0 saturated carbocycles. The van der Waals surface area contributed by atoms with Crippen molar-refractivity contribution in [1.82, 2.24) is 4.57 Å². The van der Waals surface area contributed by atoms with Crippen LogP contribution in [-0.4, -0.2) is 29.6 Å². The van der Waals surface area contributed by atoms with Crippen LogP contribution in [0.4, 0.5) is 13.2 Å². The van der Waals surface area contributed by atoms with Crippen LogP contribution in [0.25, 0.3) is 16.6 Å². The molecule has 4 rings (SSSR count). The Kier molecular flexibility index (Phi) is 7.54. The Morgan fingerprint density at radius 1 is 0.919 bits per heavy atom. The first kappa shape index (κ1) is 26.2. The van der Waals surface area contributed by atoms with E-state index >= 15 is 0 Å². The van der Waals surface area contributed by atoms with Crippen molar-refractivity contribution in [3.63, 3.8) is 0 Å². The second-order valence-corrected chi connectivity index (χ2v) is 8.56. The van der Waals surface area contributed by atoms with Gasteiger partial charge in [0.2, 0.25) is 0 Å². The summed E-state index contributed by atoms with van der Waals surface area (Å²) in [5.41, 5.74) is 1.46. The van der Waals surface area contributed by atoms with Gasteiger partial charge >= 0.3 is 12.3 Å². The third-order valence-electron chi connectivity index (χ3n) is 5.11. The maximum Gasteiger partial charge on any atom is 0.573 e. The number of hydrogen-bond donors (Lipinski definition) is 0. The van der Waals surface area contributed by atoms with Gasteiger partial charge in [-0.15, -0.1) is 13.2 Å². The average molecular weight is 534 g/mol. The highest BCUT2D eigenvalue weighted by atomic mass is 35.5. The second kappa shape index (κ2) is 10.6. The number of hydrogen-bond acceptors (Lipinski definition) is 5. The molecule has 3 aromatic carbocycles. The molecular formula is C27H23ClF3NO5. The van der Waals surface area contributed by atoms with Crippen molar-refractivity contribution in [2.45, 2.75) is 33.2 Å². The molecule has 0 aliphatic carbocycles. The SMILES string of the molecule is CCOC(=O)c1c(Cl)c2cc(Oc3ccc(OC(F)(F)F)cc3)ccc2n1-c1ccc(OC(C)C)cc1. The summed E-state index contributed by atoms with van der Waals surface area (Å²) in [5, 5.41) is 0.706. The summed E-state index contributed by atoms with van der Waals surface area (Å²) >= 11 is 6.68. The molecule has 0 fully saturated rings. The van der Waals surface area contributed by atoms with Gasteiger partial charge in [-0.1, -0.05) is 11.6 Å². The zero-order chi connectivity index (χ0) is 26.7. The van der Waals surface area contributed by atoms with Gasteiger partial charge in [-0.3, -0.25) is 0 Å². The van der Waals surface area contributed by atoms with Gasteiger partial charge in [0.1, 0.15) is 23.0 Å². The molecule has 1 aromatic heterocycles. The summed E-state index contributed by atoms with van der Waals surface area (Å²) in [5.74, 6) is 0.387. The van der Waals surface area contributed by atoms with Crippen LogP contribution < -0.4 is 14.2 Å². The van der Waals surface area contributed by atoms with Crippen LogP contribution in [0, 0.1) is 0 Å². The zero-order valence-corrected chi connectivity index (χ0v) is 20.9. The third-order valence-corrected chi connectivity index (χ3v) is 5.49. The number of aromatic nitrogens is 1. The Balaban J connectivity index is 1.71. The number of fused-ring (bicyclic) bond motifs is 1. The average Bonchev–Trinajstić information content (AvgIpc) is 3.12. The minimum Gasteiger partial charge on any atom is -0.491 e. The highest BCUT2D eigenvalue weighted by molar-refractivity contribution is 6.38. The summed E-state index contributed by atoms with van der Waals surface area (Å²) in [6.07, 6.45) is -4.77. The Hall–Kier alpha value is -3.85. The van der Waals surface area contributed by atoms with Crippen LogP contribution in [0.3, 0.4) is 0 Å². The van der Waals surface area contributed by atoms with Gasteiger partial charge in [0.05, 0.1) is 23.3 Å². The zero-order valence-electron chi connectivity index (χ0n) is 20.1. The summed E-state index contributed by atoms with van der Waals surface area (Å²) in [6.45, 7) is 5.72. The molecule has 0 amide bonds. The molecule has 0 aliphatic heterocycles. The standard InChI is InChI=1S/C27H23ClF3NO5/c1-4-34-26(33)25-24(28)22-15-21(36-19-9-11-20(12-10-19)37-27(29,30)31)13-14-23(22)32(25)17-5-7-18(8-6-17)35-16(2)3/h5-16H,4H2,1-3H3. The third kappa shape index (κ3) is 6.11. The second-order valence-electron chi connectivity index (χ2n) is 8.18. The summed E-state index contributed by atoms with van der Waals surface area (Å²) in [7, 11) is 0. The molecule has 0 saturated heterocycles. The Bertz CT molecular complexity index is 1400. The van der Waals surface area contributed by atoms with E-state index in [1.165, 1.54) is 12.1 Å². The minimum atomic E-state index is -4.78. The van der Waals surface area contributed by atoms with Gasteiger partial charge in [-0.25, -0.2) is 4.79 Å². The molecule has 0 aliphatic rings. The number of ether oxygens (including phenoxy) is 4. The van der Waals surface area contributed by atoms with Crippen molar-refractivity contribution in [3.05, 3.63) is 77.4 Å². The van der Waals surface area contributed by atoms with Crippen LogP contribution in [0.1, 0.15) is 31.3 Å². The molecule has 0 bridgehead atoms. The number of rotatable bonds is 8. The van der Waals surface area contributed by atoms with Crippen LogP contribution in [0.15, 0.2) is 66.7 Å². The number of carbonyl (C=O) groups is 1. The minimum absolute atomic E-state index is 0.00887. The molecule has 0 atom stereocenters. The predicted octanol–water partition coefficient (Wildman–Crippen LogP) is 7.94. The van der Waals surface area contributed by atoms with E-state index in [9.17, 15) is 18.0 Å². The molecule has 4 aromatic rings. The molecule has 6 nitrogen and oxygen atoms in total. The first-order valence-corrected chi connectivity index (χ1v) is 11.8. The molecule has 194 valence electrons. The highest BCUT2D eigenvalue weighted by Crippen LogP contribution is 2.37. The lowest BCUT2D eigenvalue weighted by Gasteiger charge is -2.13. The number of carbonyl (C=O) groups excluding carboxylic acids is 1. The van der Waals surface area contributed by atoms with Gasteiger partial charge in [-0.2, -0.15) is 0 Å². The monoisotopic (exact) mass is 533 g/mol. The number of benzene rings is 3. The largest absolute Gasteiger partial charge is 0.573 e. The normalized spacial score (nSPS) is 11.6. The first-order chi connectivity index (χ1) is 17.6. The Labute approximate surface area is 216 Å². The van der Waals surface area contributed by atoms with E-state index in [0.29, 0.717) is 28.1 Å². The number of nitrogens with zero attached hydrogens (tertiary/aromatic N) is 1. The number of halogens is 4. The molecule has 0 spiro atoms. The quantitative estimate of drug-likeness (QED) is 0.215. The number of esters is 1. The highest BCUT2D eigenvalue weighted by Gasteiger charge is 2.31. The summed E-state index contributed by atoms with van der Waals surface area (Å²) < 4.78 is 59.5. The Morgan fingerprint density at radius 3 is 2.11 bits per heavy atom. The van der Waals surface area contributed by atoms with Gasteiger partial charge in [0.25, 0.3) is 0 Å². The van der Waals surface area contributed by atoms with Gasteiger partial charge in [0, 0.05) is 11.1 Å². The van der Waals surface area contributed by atoms with Gasteiger partial charge in [0.15, 0.2) is 5.69 Å². The van der Waals surface area contributed by atoms with Crippen LogP contribution >= 0.6 is 11.6 Å². The Morgan fingerprint density at radius 2 is 1.51 bits per heavy atom. The fraction of sp³-hybridized carbons (Fsp3) is 0.222. The molecule has 1 heterocycles. The van der Waals surface area contributed by atoms with E-state index in [2.05, 4.69) is 4.74 Å². The van der Waals surface area contributed by atoms with Crippen LogP contribution in [0.5, 0.6) is 23.0 Å². The predicted molar refractivity (Wildman–Crippen MR) is 133 cm³/mol. The van der Waals surface area contributed by atoms with Crippen molar-refractivity contribution >= 4 is 28.5 Å². The maximum atomic E-state index is 12.9. The lowest BCUT2D eigenvalue weighted by atomic mass is 10.2.